The second kappa shape index (κ2) is 13.2. The van der Waals surface area contributed by atoms with Crippen molar-refractivity contribution in [3.05, 3.63) is 29.8 Å². The molecule has 1 aromatic rings. The van der Waals surface area contributed by atoms with E-state index in [1.54, 1.807) is 0 Å². The second-order valence-electron chi connectivity index (χ2n) is 11.6. The minimum Gasteiger partial charge on any atom is -0.392 e. The van der Waals surface area contributed by atoms with E-state index in [0.717, 1.165) is 68.5 Å². The molecule has 0 saturated heterocycles. The third-order valence-corrected chi connectivity index (χ3v) is 8.70. The largest absolute Gasteiger partial charge is 0.392 e. The van der Waals surface area contributed by atoms with Crippen LogP contribution in [0.5, 0.6) is 0 Å². The molecule has 1 aliphatic heterocycles. The van der Waals surface area contributed by atoms with Crippen molar-refractivity contribution >= 4 is 17.2 Å². The zero-order valence-corrected chi connectivity index (χ0v) is 22.7. The minimum atomic E-state index is -0.632. The van der Waals surface area contributed by atoms with E-state index in [2.05, 4.69) is 43.0 Å². The Hall–Kier alpha value is -1.72. The van der Waals surface area contributed by atoms with Crippen LogP contribution >= 0.6 is 0 Å². The van der Waals surface area contributed by atoms with E-state index in [1.807, 2.05) is 0 Å². The Kier molecular flexibility index (Phi) is 10.0. The monoisotopic (exact) mass is 495 g/mol. The van der Waals surface area contributed by atoms with Crippen molar-refractivity contribution in [1.82, 2.24) is 0 Å². The van der Waals surface area contributed by atoms with Gasteiger partial charge in [-0.3, -0.25) is 9.79 Å². The summed E-state index contributed by atoms with van der Waals surface area (Å²) in [5, 5.41) is 11.2. The molecule has 4 rings (SSSR count). The lowest BCUT2D eigenvalue weighted by atomic mass is 9.84. The number of aliphatic imine (C=N–C) groups is 1. The molecule has 2 aliphatic carbocycles. The number of benzodiazepines with no additional fused rings is 1. The lowest BCUT2D eigenvalue weighted by Crippen LogP contribution is -2.54. The molecule has 2 saturated carbocycles. The molecule has 4 unspecified atom stereocenters. The third kappa shape index (κ3) is 6.58. The van der Waals surface area contributed by atoms with E-state index in [0.29, 0.717) is 18.3 Å². The number of rotatable bonds is 12. The molecule has 200 valence electrons. The van der Waals surface area contributed by atoms with E-state index in [-0.39, 0.29) is 11.7 Å². The highest BCUT2D eigenvalue weighted by molar-refractivity contribution is 6.09. The van der Waals surface area contributed by atoms with Gasteiger partial charge in [-0.2, -0.15) is 0 Å². The van der Waals surface area contributed by atoms with Gasteiger partial charge >= 0.3 is 0 Å². The van der Waals surface area contributed by atoms with Crippen molar-refractivity contribution in [2.24, 2.45) is 28.5 Å². The normalized spacial score (nSPS) is 24.9. The first-order valence-electron chi connectivity index (χ1n) is 15.0. The molecule has 5 nitrogen and oxygen atoms in total. The fourth-order valence-corrected chi connectivity index (χ4v) is 6.28. The number of unbranched alkanes of at least 4 members (excludes halogenated alkanes) is 2. The average Bonchev–Trinajstić information content (AvgIpc) is 3.74. The van der Waals surface area contributed by atoms with Crippen molar-refractivity contribution < 1.29 is 9.90 Å². The van der Waals surface area contributed by atoms with Crippen molar-refractivity contribution in [3.8, 4) is 0 Å². The molecule has 3 N–H and O–H groups in total. The first-order valence-corrected chi connectivity index (χ1v) is 15.0. The molecule has 0 radical (unpaired) electrons. The van der Waals surface area contributed by atoms with Crippen LogP contribution in [-0.2, 0) is 4.79 Å². The van der Waals surface area contributed by atoms with Crippen LogP contribution in [0.2, 0.25) is 0 Å². The van der Waals surface area contributed by atoms with E-state index in [4.69, 9.17) is 10.7 Å². The lowest BCUT2D eigenvalue weighted by Gasteiger charge is -2.35. The fraction of sp³-hybridized carbons (Fsp3) is 0.742. The van der Waals surface area contributed by atoms with Gasteiger partial charge in [0.05, 0.1) is 6.10 Å². The Morgan fingerprint density at radius 1 is 1.06 bits per heavy atom. The van der Waals surface area contributed by atoms with Crippen molar-refractivity contribution in [2.75, 3.05) is 11.4 Å². The van der Waals surface area contributed by atoms with Gasteiger partial charge in [0, 0.05) is 35.3 Å². The highest BCUT2D eigenvalue weighted by Crippen LogP contribution is 2.39. The molecule has 1 heterocycles. The summed E-state index contributed by atoms with van der Waals surface area (Å²) in [5.74, 6) is 0.636. The molecule has 0 aromatic heterocycles. The third-order valence-electron chi connectivity index (χ3n) is 8.70. The van der Waals surface area contributed by atoms with E-state index >= 15 is 0 Å². The number of hydrogen-bond donors (Lipinski definition) is 2. The van der Waals surface area contributed by atoms with Gasteiger partial charge in [-0.1, -0.05) is 89.8 Å². The lowest BCUT2D eigenvalue weighted by molar-refractivity contribution is -0.128. The number of ketones is 1. The number of carbonyl (C=O) groups is 1. The maximum absolute atomic E-state index is 14.3. The molecule has 3 aliphatic rings. The number of aliphatic hydroxyl groups excluding tert-OH is 1. The standard InChI is InChI=1S/C31H49N3O2/c1-3-5-17-27(35)25(21-22-18-19-22)30(36)29-31(32)34(20-6-4-2)26-16-12-11-15-24(26)28(33-29)23-13-9-7-8-10-14-23/h11-12,15-16,22-23,25,27,29,31,35H,3-10,13-14,17-21,32H2,1-2H3. The van der Waals surface area contributed by atoms with Gasteiger partial charge in [0.1, 0.15) is 12.2 Å². The quantitative estimate of drug-likeness (QED) is 0.336. The number of Topliss-reactive ketones (excluding diaryl/α,β-unsaturated/α-hetero) is 1. The SMILES string of the molecule is CCCCC(O)C(CC1CC1)C(=O)C1N=C(C2CCCCCC2)c2ccccc2N(CCCC)C1N. The van der Waals surface area contributed by atoms with Gasteiger partial charge in [0.2, 0.25) is 0 Å². The average molecular weight is 496 g/mol. The van der Waals surface area contributed by atoms with E-state index in [1.165, 1.54) is 38.5 Å². The zero-order valence-electron chi connectivity index (χ0n) is 22.7. The molecule has 0 spiro atoms. The predicted octanol–water partition coefficient (Wildman–Crippen LogP) is 6.26. The summed E-state index contributed by atoms with van der Waals surface area (Å²) in [6.07, 6.45) is 14.0. The number of para-hydroxylation sites is 1. The maximum Gasteiger partial charge on any atom is 0.166 e. The maximum atomic E-state index is 14.3. The number of fused-ring (bicyclic) bond motifs is 1. The predicted molar refractivity (Wildman–Crippen MR) is 150 cm³/mol. The summed E-state index contributed by atoms with van der Waals surface area (Å²) >= 11 is 0. The van der Waals surface area contributed by atoms with Crippen LogP contribution in [-0.4, -0.2) is 41.5 Å². The number of benzene rings is 1. The minimum absolute atomic E-state index is 0.0680. The van der Waals surface area contributed by atoms with E-state index < -0.39 is 18.3 Å². The van der Waals surface area contributed by atoms with Crippen LogP contribution in [0.4, 0.5) is 5.69 Å². The summed E-state index contributed by atoms with van der Waals surface area (Å²) in [5.41, 5.74) is 10.4. The number of nitrogens with two attached hydrogens (primary N) is 1. The molecule has 1 aromatic carbocycles. The van der Waals surface area contributed by atoms with Crippen LogP contribution in [0.1, 0.15) is 109 Å². The van der Waals surface area contributed by atoms with Gasteiger partial charge in [0.15, 0.2) is 5.78 Å². The summed E-state index contributed by atoms with van der Waals surface area (Å²) < 4.78 is 0. The fourth-order valence-electron chi connectivity index (χ4n) is 6.28. The summed E-state index contributed by atoms with van der Waals surface area (Å²) in [7, 11) is 0. The topological polar surface area (TPSA) is 78.9 Å². The Bertz CT molecular complexity index is 872. The molecule has 0 amide bonds. The van der Waals surface area contributed by atoms with Crippen molar-refractivity contribution in [1.29, 1.82) is 0 Å². The molecule has 5 heteroatoms. The zero-order chi connectivity index (χ0) is 25.5. The van der Waals surface area contributed by atoms with Gasteiger partial charge in [-0.15, -0.1) is 0 Å². The van der Waals surface area contributed by atoms with Crippen molar-refractivity contribution in [2.45, 2.75) is 122 Å². The smallest absolute Gasteiger partial charge is 0.166 e. The molecule has 0 bridgehead atoms. The highest BCUT2D eigenvalue weighted by Gasteiger charge is 2.42. The summed E-state index contributed by atoms with van der Waals surface area (Å²) in [4.78, 5) is 21.9. The van der Waals surface area contributed by atoms with E-state index in [9.17, 15) is 9.90 Å². The van der Waals surface area contributed by atoms with Crippen LogP contribution in [0.3, 0.4) is 0 Å². The number of nitrogens with zero attached hydrogens (tertiary/aromatic N) is 2. The Balaban J connectivity index is 1.74. The summed E-state index contributed by atoms with van der Waals surface area (Å²) in [6, 6.07) is 7.91. The summed E-state index contributed by atoms with van der Waals surface area (Å²) in [6.45, 7) is 5.15. The van der Waals surface area contributed by atoms with Crippen LogP contribution in [0, 0.1) is 17.8 Å². The number of carbonyl (C=O) groups excluding carboxylic acids is 1. The van der Waals surface area contributed by atoms with Crippen LogP contribution in [0.25, 0.3) is 0 Å². The Labute approximate surface area is 218 Å². The van der Waals surface area contributed by atoms with Gasteiger partial charge in [-0.05, 0) is 44.1 Å². The highest BCUT2D eigenvalue weighted by atomic mass is 16.3. The van der Waals surface area contributed by atoms with Gasteiger partial charge in [-0.25, -0.2) is 0 Å². The van der Waals surface area contributed by atoms with Crippen LogP contribution in [0.15, 0.2) is 29.3 Å². The molecular weight excluding hydrogens is 446 g/mol. The van der Waals surface area contributed by atoms with Crippen LogP contribution < -0.4 is 10.6 Å². The van der Waals surface area contributed by atoms with Gasteiger partial charge in [0.25, 0.3) is 0 Å². The number of hydrogen-bond acceptors (Lipinski definition) is 5. The second-order valence-corrected chi connectivity index (χ2v) is 11.6. The molecule has 4 atom stereocenters. The molecular formula is C31H49N3O2. The first kappa shape index (κ1) is 27.3. The first-order chi connectivity index (χ1) is 17.5. The van der Waals surface area contributed by atoms with Gasteiger partial charge < -0.3 is 15.7 Å². The number of aliphatic hydroxyl groups is 1. The molecule has 2 fully saturated rings. The number of anilines is 1. The van der Waals surface area contributed by atoms with Crippen molar-refractivity contribution in [3.63, 3.8) is 0 Å². The molecule has 36 heavy (non-hydrogen) atoms. The Morgan fingerprint density at radius 2 is 1.75 bits per heavy atom. The Morgan fingerprint density at radius 3 is 2.42 bits per heavy atom.